The number of thiazole rings is 1. The van der Waals surface area contributed by atoms with Crippen LogP contribution in [0.25, 0.3) is 0 Å². The number of hydrogen-bond acceptors (Lipinski definition) is 4. The molecule has 0 unspecified atom stereocenters. The highest BCUT2D eigenvalue weighted by molar-refractivity contribution is 7.13. The molecule has 0 aliphatic rings. The zero-order valence-corrected chi connectivity index (χ0v) is 11.1. The predicted molar refractivity (Wildman–Crippen MR) is 71.0 cm³/mol. The number of nitrogens with zero attached hydrogens (tertiary/aromatic N) is 1. The molecule has 1 amide bonds. The summed E-state index contributed by atoms with van der Waals surface area (Å²) in [5.74, 6) is 0.697. The van der Waals surface area contributed by atoms with E-state index in [-0.39, 0.29) is 5.91 Å². The highest BCUT2D eigenvalue weighted by Crippen LogP contribution is 2.20. The van der Waals surface area contributed by atoms with Crippen LogP contribution in [0.1, 0.15) is 20.4 Å². The maximum Gasteiger partial charge on any atom is 0.263 e. The first-order valence-corrected chi connectivity index (χ1v) is 6.38. The van der Waals surface area contributed by atoms with Gasteiger partial charge in [-0.05, 0) is 19.1 Å². The third-order valence-electron chi connectivity index (χ3n) is 2.38. The number of carbonyl (C=O) groups is 1. The lowest BCUT2D eigenvalue weighted by molar-refractivity contribution is 0.0966. The van der Waals surface area contributed by atoms with Crippen LogP contribution < -0.4 is 10.1 Å². The lowest BCUT2D eigenvalue weighted by Gasteiger charge is -2.02. The van der Waals surface area contributed by atoms with Crippen LogP contribution in [0, 0.1) is 6.92 Å². The van der Waals surface area contributed by atoms with E-state index in [9.17, 15) is 4.79 Å². The van der Waals surface area contributed by atoms with E-state index in [4.69, 9.17) is 4.74 Å². The largest absolute Gasteiger partial charge is 0.486 e. The lowest BCUT2D eigenvalue weighted by atomic mass is 10.3. The van der Waals surface area contributed by atoms with Crippen LogP contribution in [0.4, 0.5) is 0 Å². The van der Waals surface area contributed by atoms with Gasteiger partial charge in [0.2, 0.25) is 0 Å². The SMILES string of the molecule is CNC(=O)c1sc(COc2ccccc2)nc1C. The molecule has 0 saturated carbocycles. The molecule has 0 spiro atoms. The molecule has 0 radical (unpaired) electrons. The van der Waals surface area contributed by atoms with Gasteiger partial charge in [-0.25, -0.2) is 4.98 Å². The second-order valence-corrected chi connectivity index (χ2v) is 4.79. The molecular weight excluding hydrogens is 248 g/mol. The molecule has 2 aromatic rings. The molecule has 0 aliphatic carbocycles. The molecule has 18 heavy (non-hydrogen) atoms. The van der Waals surface area contributed by atoms with Crippen molar-refractivity contribution in [2.45, 2.75) is 13.5 Å². The van der Waals surface area contributed by atoms with Gasteiger partial charge in [0, 0.05) is 7.05 Å². The molecule has 0 aliphatic heterocycles. The standard InChI is InChI=1S/C13H14N2O2S/c1-9-12(13(16)14-2)18-11(15-9)8-17-10-6-4-3-5-7-10/h3-7H,8H2,1-2H3,(H,14,16). The van der Waals surface area contributed by atoms with Crippen molar-refractivity contribution >= 4 is 17.2 Å². The highest BCUT2D eigenvalue weighted by atomic mass is 32.1. The van der Waals surface area contributed by atoms with Crippen LogP contribution in [-0.2, 0) is 6.61 Å². The second kappa shape index (κ2) is 5.64. The fourth-order valence-corrected chi connectivity index (χ4v) is 2.42. The van der Waals surface area contributed by atoms with Gasteiger partial charge >= 0.3 is 0 Å². The Morgan fingerprint density at radius 1 is 1.39 bits per heavy atom. The number of para-hydroxylation sites is 1. The average molecular weight is 262 g/mol. The Morgan fingerprint density at radius 2 is 2.11 bits per heavy atom. The molecule has 1 N–H and O–H groups in total. The van der Waals surface area contributed by atoms with Gasteiger partial charge in [0.1, 0.15) is 22.2 Å². The van der Waals surface area contributed by atoms with E-state index in [1.165, 1.54) is 11.3 Å². The van der Waals surface area contributed by atoms with Gasteiger partial charge in [0.15, 0.2) is 0 Å². The van der Waals surface area contributed by atoms with Crippen molar-refractivity contribution in [3.8, 4) is 5.75 Å². The van der Waals surface area contributed by atoms with Crippen LogP contribution in [-0.4, -0.2) is 17.9 Å². The maximum absolute atomic E-state index is 11.5. The number of nitrogens with one attached hydrogen (secondary N) is 1. The summed E-state index contributed by atoms with van der Waals surface area (Å²) in [5, 5.41) is 3.40. The third kappa shape index (κ3) is 2.87. The van der Waals surface area contributed by atoms with Crippen LogP contribution in [0.2, 0.25) is 0 Å². The number of rotatable bonds is 4. The van der Waals surface area contributed by atoms with Gasteiger partial charge in [-0.1, -0.05) is 18.2 Å². The van der Waals surface area contributed by atoms with Crippen molar-refractivity contribution in [3.63, 3.8) is 0 Å². The minimum Gasteiger partial charge on any atom is -0.486 e. The predicted octanol–water partition coefficient (Wildman–Crippen LogP) is 2.39. The van der Waals surface area contributed by atoms with E-state index in [0.717, 1.165) is 16.5 Å². The smallest absolute Gasteiger partial charge is 0.263 e. The third-order valence-corrected chi connectivity index (χ3v) is 3.51. The van der Waals surface area contributed by atoms with Crippen LogP contribution in [0.3, 0.4) is 0 Å². The number of aromatic nitrogens is 1. The van der Waals surface area contributed by atoms with Crippen LogP contribution in [0.5, 0.6) is 5.75 Å². The first-order valence-electron chi connectivity index (χ1n) is 5.57. The molecule has 4 nitrogen and oxygen atoms in total. The van der Waals surface area contributed by atoms with E-state index in [0.29, 0.717) is 11.5 Å². The Kier molecular flexibility index (Phi) is 3.94. The lowest BCUT2D eigenvalue weighted by Crippen LogP contribution is -2.17. The normalized spacial score (nSPS) is 10.1. The van der Waals surface area contributed by atoms with Gasteiger partial charge in [0.25, 0.3) is 5.91 Å². The minimum absolute atomic E-state index is 0.101. The molecule has 0 fully saturated rings. The zero-order chi connectivity index (χ0) is 13.0. The summed E-state index contributed by atoms with van der Waals surface area (Å²) >= 11 is 1.36. The molecule has 0 atom stereocenters. The zero-order valence-electron chi connectivity index (χ0n) is 10.3. The molecule has 2 rings (SSSR count). The summed E-state index contributed by atoms with van der Waals surface area (Å²) in [6.45, 7) is 2.21. The maximum atomic E-state index is 11.5. The van der Waals surface area contributed by atoms with Crippen LogP contribution in [0.15, 0.2) is 30.3 Å². The van der Waals surface area contributed by atoms with E-state index >= 15 is 0 Å². The number of ether oxygens (including phenoxy) is 1. The molecule has 0 saturated heterocycles. The fraction of sp³-hybridized carbons (Fsp3) is 0.231. The highest BCUT2D eigenvalue weighted by Gasteiger charge is 2.13. The summed E-state index contributed by atoms with van der Waals surface area (Å²) in [4.78, 5) is 16.5. The van der Waals surface area contributed by atoms with Gasteiger partial charge < -0.3 is 10.1 Å². The van der Waals surface area contributed by atoms with E-state index in [2.05, 4.69) is 10.3 Å². The topological polar surface area (TPSA) is 51.2 Å². The Bertz CT molecular complexity index is 537. The summed E-state index contributed by atoms with van der Waals surface area (Å²) < 4.78 is 5.59. The summed E-state index contributed by atoms with van der Waals surface area (Å²) in [7, 11) is 1.61. The molecule has 0 bridgehead atoms. The van der Waals surface area contributed by atoms with Crippen molar-refractivity contribution in [2.75, 3.05) is 7.05 Å². The Balaban J connectivity index is 2.05. The van der Waals surface area contributed by atoms with Gasteiger partial charge in [-0.2, -0.15) is 0 Å². The Morgan fingerprint density at radius 3 is 2.78 bits per heavy atom. The molecule has 5 heteroatoms. The van der Waals surface area contributed by atoms with Crippen molar-refractivity contribution in [3.05, 3.63) is 45.9 Å². The van der Waals surface area contributed by atoms with Crippen molar-refractivity contribution < 1.29 is 9.53 Å². The first kappa shape index (κ1) is 12.6. The first-order chi connectivity index (χ1) is 8.70. The monoisotopic (exact) mass is 262 g/mol. The average Bonchev–Trinajstić information content (AvgIpc) is 2.78. The fourth-order valence-electron chi connectivity index (χ4n) is 1.50. The molecule has 1 heterocycles. The van der Waals surface area contributed by atoms with Gasteiger partial charge in [0.05, 0.1) is 5.69 Å². The second-order valence-electron chi connectivity index (χ2n) is 3.70. The van der Waals surface area contributed by atoms with E-state index in [1.54, 1.807) is 7.05 Å². The summed E-state index contributed by atoms with van der Waals surface area (Å²) in [6.07, 6.45) is 0. The number of aryl methyl sites for hydroxylation is 1. The number of benzene rings is 1. The molecule has 94 valence electrons. The van der Waals surface area contributed by atoms with Gasteiger partial charge in [-0.3, -0.25) is 4.79 Å². The molecule has 1 aromatic carbocycles. The van der Waals surface area contributed by atoms with Crippen molar-refractivity contribution in [1.82, 2.24) is 10.3 Å². The Labute approximate surface area is 110 Å². The molecular formula is C13H14N2O2S. The summed E-state index contributed by atoms with van der Waals surface area (Å²) in [6, 6.07) is 9.54. The van der Waals surface area contributed by atoms with Crippen molar-refractivity contribution in [2.24, 2.45) is 0 Å². The van der Waals surface area contributed by atoms with E-state index in [1.807, 2.05) is 37.3 Å². The van der Waals surface area contributed by atoms with Crippen LogP contribution >= 0.6 is 11.3 Å². The quantitative estimate of drug-likeness (QED) is 0.920. The summed E-state index contributed by atoms with van der Waals surface area (Å²) in [5.41, 5.74) is 0.742. The molecule has 1 aromatic heterocycles. The van der Waals surface area contributed by atoms with E-state index < -0.39 is 0 Å². The van der Waals surface area contributed by atoms with Crippen molar-refractivity contribution in [1.29, 1.82) is 0 Å². The number of hydrogen-bond donors (Lipinski definition) is 1. The Hall–Kier alpha value is -1.88. The number of amides is 1. The number of carbonyl (C=O) groups excluding carboxylic acids is 1. The minimum atomic E-state index is -0.101. The van der Waals surface area contributed by atoms with Gasteiger partial charge in [-0.15, -0.1) is 11.3 Å².